The van der Waals surface area contributed by atoms with Crippen LogP contribution in [0.5, 0.6) is 0 Å². The molecule has 0 bridgehead atoms. The average molecular weight is 302 g/mol. The van der Waals surface area contributed by atoms with Gasteiger partial charge >= 0.3 is 0 Å². The predicted molar refractivity (Wildman–Crippen MR) is 73.5 cm³/mol. The summed E-state index contributed by atoms with van der Waals surface area (Å²) < 4.78 is 27.3. The highest BCUT2D eigenvalue weighted by Crippen LogP contribution is 2.26. The molecule has 0 fully saturated rings. The first-order valence-electron chi connectivity index (χ1n) is 5.62. The maximum atomic E-state index is 13.7. The van der Waals surface area contributed by atoms with Crippen molar-refractivity contribution in [1.29, 1.82) is 0 Å². The number of halogens is 4. The van der Waals surface area contributed by atoms with Gasteiger partial charge in [0, 0.05) is 27.2 Å². The Balaban J connectivity index is 2.28. The lowest BCUT2D eigenvalue weighted by Crippen LogP contribution is -2.16. The molecule has 0 radical (unpaired) electrons. The van der Waals surface area contributed by atoms with E-state index in [1.54, 1.807) is 12.1 Å². The molecule has 0 amide bonds. The minimum atomic E-state index is -0.688. The van der Waals surface area contributed by atoms with Crippen LogP contribution in [0.1, 0.15) is 17.2 Å². The van der Waals surface area contributed by atoms with Crippen molar-refractivity contribution in [2.45, 2.75) is 12.5 Å². The van der Waals surface area contributed by atoms with Crippen molar-refractivity contribution in [3.05, 3.63) is 69.2 Å². The third-order valence-corrected chi connectivity index (χ3v) is 3.44. The predicted octanol–water partition coefficient (Wildman–Crippen LogP) is 4.51. The van der Waals surface area contributed by atoms with Crippen LogP contribution in [0.25, 0.3) is 0 Å². The van der Waals surface area contributed by atoms with Gasteiger partial charge in [-0.15, -0.1) is 0 Å². The molecular formula is C14H11Cl2F2N. The van der Waals surface area contributed by atoms with Gasteiger partial charge in [-0.05, 0) is 30.7 Å². The molecule has 0 aromatic heterocycles. The van der Waals surface area contributed by atoms with Crippen LogP contribution in [0.15, 0.2) is 36.4 Å². The third kappa shape index (κ3) is 3.24. The smallest absolute Gasteiger partial charge is 0.129 e. The second-order valence-corrected chi connectivity index (χ2v) is 5.02. The zero-order chi connectivity index (χ0) is 14.0. The summed E-state index contributed by atoms with van der Waals surface area (Å²) in [7, 11) is 0. The first-order chi connectivity index (χ1) is 8.99. The quantitative estimate of drug-likeness (QED) is 0.886. The Labute approximate surface area is 119 Å². The van der Waals surface area contributed by atoms with Crippen LogP contribution in [0.3, 0.4) is 0 Å². The number of hydrogen-bond donors (Lipinski definition) is 1. The molecule has 0 spiro atoms. The molecule has 0 saturated heterocycles. The lowest BCUT2D eigenvalue weighted by molar-refractivity contribution is 0.563. The summed E-state index contributed by atoms with van der Waals surface area (Å²) in [6, 6.07) is 7.92. The fraction of sp³-hybridized carbons (Fsp3) is 0.143. The molecule has 1 atom stereocenters. The van der Waals surface area contributed by atoms with Gasteiger partial charge in [0.25, 0.3) is 0 Å². The molecule has 2 aromatic rings. The summed E-state index contributed by atoms with van der Waals surface area (Å²) >= 11 is 11.6. The molecule has 2 rings (SSSR count). The largest absolute Gasteiger partial charge is 0.324 e. The van der Waals surface area contributed by atoms with E-state index in [0.717, 1.165) is 0 Å². The van der Waals surface area contributed by atoms with Crippen LogP contribution < -0.4 is 5.73 Å². The molecular weight excluding hydrogens is 291 g/mol. The van der Waals surface area contributed by atoms with Crippen LogP contribution in [0.2, 0.25) is 10.0 Å². The molecule has 1 unspecified atom stereocenters. The second kappa shape index (κ2) is 5.87. The topological polar surface area (TPSA) is 26.0 Å². The number of benzene rings is 2. The Bertz CT molecular complexity index is 582. The maximum absolute atomic E-state index is 13.7. The Hall–Kier alpha value is -1.16. The summed E-state index contributed by atoms with van der Waals surface area (Å²) in [5.41, 5.74) is 6.47. The highest BCUT2D eigenvalue weighted by molar-refractivity contribution is 6.31. The fourth-order valence-corrected chi connectivity index (χ4v) is 2.26. The summed E-state index contributed by atoms with van der Waals surface area (Å²) in [5.74, 6) is -0.954. The van der Waals surface area contributed by atoms with Crippen LogP contribution >= 0.6 is 23.2 Å². The highest BCUT2D eigenvalue weighted by Gasteiger charge is 2.16. The van der Waals surface area contributed by atoms with Gasteiger partial charge in [0.05, 0.1) is 0 Å². The van der Waals surface area contributed by atoms with Crippen molar-refractivity contribution in [1.82, 2.24) is 0 Å². The van der Waals surface area contributed by atoms with Crippen molar-refractivity contribution in [3.8, 4) is 0 Å². The first kappa shape index (κ1) is 14.3. The van der Waals surface area contributed by atoms with Crippen molar-refractivity contribution in [2.75, 3.05) is 0 Å². The molecule has 0 aliphatic carbocycles. The summed E-state index contributed by atoms with van der Waals surface area (Å²) in [5, 5.41) is 0.571. The number of rotatable bonds is 3. The van der Waals surface area contributed by atoms with E-state index in [1.807, 2.05) is 0 Å². The van der Waals surface area contributed by atoms with E-state index in [4.69, 9.17) is 28.9 Å². The molecule has 0 saturated carbocycles. The zero-order valence-corrected chi connectivity index (χ0v) is 11.3. The molecule has 2 N–H and O–H groups in total. The van der Waals surface area contributed by atoms with Crippen molar-refractivity contribution < 1.29 is 8.78 Å². The van der Waals surface area contributed by atoms with Gasteiger partial charge in [-0.25, -0.2) is 8.78 Å². The Morgan fingerprint density at radius 1 is 1.05 bits per heavy atom. The molecule has 2 aromatic carbocycles. The van der Waals surface area contributed by atoms with E-state index in [0.29, 0.717) is 0 Å². The van der Waals surface area contributed by atoms with Crippen LogP contribution in [0.4, 0.5) is 8.78 Å². The van der Waals surface area contributed by atoms with E-state index in [9.17, 15) is 8.78 Å². The highest BCUT2D eigenvalue weighted by atomic mass is 35.5. The standard InChI is InChI=1S/C14H11Cl2F2N/c15-8-4-5-9(13(18)6-8)14(19)7-10-11(16)2-1-3-12(10)17/h1-6,14H,7,19H2. The molecule has 19 heavy (non-hydrogen) atoms. The first-order valence-corrected chi connectivity index (χ1v) is 6.38. The normalized spacial score (nSPS) is 12.5. The minimum Gasteiger partial charge on any atom is -0.324 e. The molecule has 1 nitrogen and oxygen atoms in total. The summed E-state index contributed by atoms with van der Waals surface area (Å²) in [6.45, 7) is 0. The minimum absolute atomic E-state index is 0.115. The summed E-state index contributed by atoms with van der Waals surface area (Å²) in [4.78, 5) is 0. The van der Waals surface area contributed by atoms with Gasteiger partial charge in [-0.1, -0.05) is 35.3 Å². The van der Waals surface area contributed by atoms with Gasteiger partial charge in [0.15, 0.2) is 0 Å². The zero-order valence-electron chi connectivity index (χ0n) is 9.84. The van der Waals surface area contributed by atoms with Gasteiger partial charge in [-0.3, -0.25) is 0 Å². The number of hydrogen-bond acceptors (Lipinski definition) is 1. The van der Waals surface area contributed by atoms with Gasteiger partial charge in [0.1, 0.15) is 11.6 Å². The fourth-order valence-electron chi connectivity index (χ4n) is 1.86. The Kier molecular flexibility index (Phi) is 4.40. The molecule has 0 aliphatic rings. The SMILES string of the molecule is NC(Cc1c(F)cccc1Cl)c1ccc(Cl)cc1F. The van der Waals surface area contributed by atoms with Gasteiger partial charge in [-0.2, -0.15) is 0 Å². The van der Waals surface area contributed by atoms with Crippen molar-refractivity contribution in [2.24, 2.45) is 5.73 Å². The van der Waals surface area contributed by atoms with Crippen LogP contribution in [-0.4, -0.2) is 0 Å². The van der Waals surface area contributed by atoms with E-state index in [1.165, 1.54) is 24.3 Å². The average Bonchev–Trinajstić information content (AvgIpc) is 2.33. The molecule has 0 aliphatic heterocycles. The van der Waals surface area contributed by atoms with Gasteiger partial charge < -0.3 is 5.73 Å². The maximum Gasteiger partial charge on any atom is 0.129 e. The van der Waals surface area contributed by atoms with E-state index >= 15 is 0 Å². The van der Waals surface area contributed by atoms with E-state index < -0.39 is 17.7 Å². The summed E-state index contributed by atoms with van der Waals surface area (Å²) in [6.07, 6.45) is 0.115. The van der Waals surface area contributed by atoms with Crippen LogP contribution in [0, 0.1) is 11.6 Å². The molecule has 0 heterocycles. The van der Waals surface area contributed by atoms with E-state index in [-0.39, 0.29) is 27.6 Å². The Morgan fingerprint density at radius 2 is 1.79 bits per heavy atom. The third-order valence-electron chi connectivity index (χ3n) is 2.85. The molecule has 100 valence electrons. The van der Waals surface area contributed by atoms with E-state index in [2.05, 4.69) is 0 Å². The number of nitrogens with two attached hydrogens (primary N) is 1. The second-order valence-electron chi connectivity index (χ2n) is 4.18. The molecule has 5 heteroatoms. The van der Waals surface area contributed by atoms with Crippen LogP contribution in [-0.2, 0) is 6.42 Å². The Morgan fingerprint density at radius 3 is 2.42 bits per heavy atom. The monoisotopic (exact) mass is 301 g/mol. The van der Waals surface area contributed by atoms with Crippen molar-refractivity contribution in [3.63, 3.8) is 0 Å². The lowest BCUT2D eigenvalue weighted by atomic mass is 9.99. The van der Waals surface area contributed by atoms with Crippen molar-refractivity contribution >= 4 is 23.2 Å². The lowest BCUT2D eigenvalue weighted by Gasteiger charge is -2.14. The van der Waals surface area contributed by atoms with Gasteiger partial charge in [0.2, 0.25) is 0 Å².